The molecule has 3 aliphatic rings. The molecule has 2 fully saturated rings. The second-order valence-corrected chi connectivity index (χ2v) is 12.5. The van der Waals surface area contributed by atoms with E-state index < -0.39 is 17.8 Å². The number of nitrogens with zero attached hydrogens (tertiary/aromatic N) is 6. The number of piperazine rings is 1. The summed E-state index contributed by atoms with van der Waals surface area (Å²) in [5, 5.41) is 10.3. The highest BCUT2D eigenvalue weighted by Gasteiger charge is 2.35. The maximum absolute atomic E-state index is 13.8. The number of aryl methyl sites for hydroxylation is 1. The topological polar surface area (TPSA) is 85.6 Å². The zero-order valence-corrected chi connectivity index (χ0v) is 29.3. The predicted octanol–water partition coefficient (Wildman–Crippen LogP) is 7.05. The maximum atomic E-state index is 13.8. The van der Waals surface area contributed by atoms with Gasteiger partial charge < -0.3 is 14.5 Å². The number of halogens is 2. The highest BCUT2D eigenvalue weighted by atomic mass is 35.5. The van der Waals surface area contributed by atoms with Crippen molar-refractivity contribution < 1.29 is 13.9 Å². The minimum absolute atomic E-state index is 0.0997. The van der Waals surface area contributed by atoms with Gasteiger partial charge in [-0.05, 0) is 69.0 Å². The van der Waals surface area contributed by atoms with E-state index in [9.17, 15) is 14.4 Å². The van der Waals surface area contributed by atoms with Crippen LogP contribution in [0.25, 0.3) is 0 Å². The molecule has 0 radical (unpaired) electrons. The number of benzene rings is 1. The Labute approximate surface area is 280 Å². The molecule has 0 N–H and O–H groups in total. The Morgan fingerprint density at radius 2 is 1.89 bits per heavy atom. The van der Waals surface area contributed by atoms with Gasteiger partial charge in [0.25, 0.3) is 5.91 Å². The van der Waals surface area contributed by atoms with E-state index in [1.54, 1.807) is 0 Å². The molecule has 4 atom stereocenters. The summed E-state index contributed by atoms with van der Waals surface area (Å²) < 4.78 is 20.0. The molecule has 5 rings (SSSR count). The van der Waals surface area contributed by atoms with Crippen molar-refractivity contribution in [1.29, 1.82) is 5.26 Å². The minimum atomic E-state index is -1.00. The van der Waals surface area contributed by atoms with Crippen LogP contribution in [0.2, 0.25) is 5.02 Å². The molecule has 3 heterocycles. The molecule has 0 saturated carbocycles. The van der Waals surface area contributed by atoms with Crippen molar-refractivity contribution in [3.8, 4) is 12.1 Å². The number of hydrogen-bond donors (Lipinski definition) is 0. The summed E-state index contributed by atoms with van der Waals surface area (Å²) in [7, 11) is 2.13. The molecular formula is C36H52ClFN6O2. The largest absolute Gasteiger partial charge is 0.462 e. The van der Waals surface area contributed by atoms with Crippen LogP contribution < -0.4 is 9.64 Å². The molecule has 252 valence electrons. The van der Waals surface area contributed by atoms with Crippen molar-refractivity contribution in [2.75, 3.05) is 44.7 Å². The molecule has 1 amide bonds. The van der Waals surface area contributed by atoms with Gasteiger partial charge in [-0.15, -0.1) is 0 Å². The van der Waals surface area contributed by atoms with E-state index in [0.29, 0.717) is 43.6 Å². The molecule has 10 heteroatoms. The van der Waals surface area contributed by atoms with Crippen LogP contribution >= 0.6 is 11.6 Å². The highest BCUT2D eigenvalue weighted by molar-refractivity contribution is 6.31. The number of anilines is 1. The first kappa shape index (κ1) is 37.2. The van der Waals surface area contributed by atoms with E-state index in [1.807, 2.05) is 45.9 Å². The lowest BCUT2D eigenvalue weighted by Crippen LogP contribution is -2.55. The number of likely N-dealkylation sites (tertiary alicyclic amines) is 1. The molecule has 46 heavy (non-hydrogen) atoms. The van der Waals surface area contributed by atoms with Gasteiger partial charge in [-0.25, -0.2) is 4.39 Å². The Hall–Kier alpha value is -3.22. The van der Waals surface area contributed by atoms with Gasteiger partial charge in [0, 0.05) is 42.8 Å². The van der Waals surface area contributed by atoms with E-state index >= 15 is 0 Å². The van der Waals surface area contributed by atoms with Gasteiger partial charge in [0.2, 0.25) is 0 Å². The lowest BCUT2D eigenvalue weighted by atomic mass is 9.83. The SMILES string of the molecule is C=C(F)C(=O)N1CCN(c2nc(OCC3C[C@@H](C)CN3C)nc3c2CCC(CCc2ccccc2Cl)C3)CC1CC#N.CC.CC. The molecule has 1 aromatic carbocycles. The van der Waals surface area contributed by atoms with Gasteiger partial charge in [0.15, 0.2) is 5.83 Å². The summed E-state index contributed by atoms with van der Waals surface area (Å²) in [6.45, 7) is 16.1. The van der Waals surface area contributed by atoms with Crippen LogP contribution in [0.4, 0.5) is 10.2 Å². The molecule has 2 aromatic rings. The Morgan fingerprint density at radius 1 is 1.15 bits per heavy atom. The number of likely N-dealkylation sites (N-methyl/N-ethyl adjacent to an activating group) is 1. The van der Waals surface area contributed by atoms with E-state index in [0.717, 1.165) is 67.2 Å². The summed E-state index contributed by atoms with van der Waals surface area (Å²) >= 11 is 6.42. The lowest BCUT2D eigenvalue weighted by Gasteiger charge is -2.42. The van der Waals surface area contributed by atoms with Crippen LogP contribution in [0.5, 0.6) is 6.01 Å². The van der Waals surface area contributed by atoms with Crippen LogP contribution in [0.1, 0.15) is 77.1 Å². The summed E-state index contributed by atoms with van der Waals surface area (Å²) in [5.74, 6) is 0.138. The molecular weight excluding hydrogens is 603 g/mol. The van der Waals surface area contributed by atoms with Crippen LogP contribution in [0.15, 0.2) is 36.7 Å². The Kier molecular flexibility index (Phi) is 14.7. The smallest absolute Gasteiger partial charge is 0.318 e. The Morgan fingerprint density at radius 3 is 2.54 bits per heavy atom. The van der Waals surface area contributed by atoms with Crippen LogP contribution in [-0.4, -0.2) is 77.6 Å². The van der Waals surface area contributed by atoms with Crippen molar-refractivity contribution in [3.63, 3.8) is 0 Å². The van der Waals surface area contributed by atoms with Gasteiger partial charge in [-0.1, -0.05) is 71.0 Å². The van der Waals surface area contributed by atoms with Gasteiger partial charge in [0.05, 0.1) is 24.2 Å². The van der Waals surface area contributed by atoms with Crippen LogP contribution in [0.3, 0.4) is 0 Å². The maximum Gasteiger partial charge on any atom is 0.318 e. The number of nitriles is 1. The van der Waals surface area contributed by atoms with Gasteiger partial charge in [-0.3, -0.25) is 9.69 Å². The van der Waals surface area contributed by atoms with E-state index in [-0.39, 0.29) is 13.0 Å². The Balaban J connectivity index is 0.00000139. The average molecular weight is 655 g/mol. The fourth-order valence-corrected chi connectivity index (χ4v) is 6.98. The van der Waals surface area contributed by atoms with Gasteiger partial charge in [-0.2, -0.15) is 15.2 Å². The number of aromatic nitrogens is 2. The number of ether oxygens (including phenoxy) is 1. The minimum Gasteiger partial charge on any atom is -0.462 e. The van der Waals surface area contributed by atoms with Crippen LogP contribution in [0, 0.1) is 23.2 Å². The highest BCUT2D eigenvalue weighted by Crippen LogP contribution is 2.36. The second-order valence-electron chi connectivity index (χ2n) is 12.1. The van der Waals surface area contributed by atoms with Crippen molar-refractivity contribution in [2.24, 2.45) is 11.8 Å². The monoisotopic (exact) mass is 654 g/mol. The van der Waals surface area contributed by atoms with Gasteiger partial charge in [0.1, 0.15) is 12.4 Å². The number of rotatable bonds is 9. The molecule has 2 saturated heterocycles. The van der Waals surface area contributed by atoms with E-state index in [4.69, 9.17) is 26.3 Å². The van der Waals surface area contributed by atoms with E-state index in [2.05, 4.69) is 42.5 Å². The molecule has 2 aliphatic heterocycles. The third kappa shape index (κ3) is 9.42. The summed E-state index contributed by atoms with van der Waals surface area (Å²) in [6, 6.07) is 10.4. The number of hydrogen-bond acceptors (Lipinski definition) is 7. The number of fused-ring (bicyclic) bond motifs is 1. The summed E-state index contributed by atoms with van der Waals surface area (Å²) in [4.78, 5) is 28.2. The molecule has 1 aromatic heterocycles. The molecule has 3 unspecified atom stereocenters. The third-order valence-corrected chi connectivity index (χ3v) is 9.39. The van der Waals surface area contributed by atoms with E-state index in [1.165, 1.54) is 10.5 Å². The molecule has 0 bridgehead atoms. The fourth-order valence-electron chi connectivity index (χ4n) is 6.75. The third-order valence-electron chi connectivity index (χ3n) is 9.02. The molecule has 8 nitrogen and oxygen atoms in total. The second kappa shape index (κ2) is 18.2. The average Bonchev–Trinajstić information content (AvgIpc) is 3.40. The van der Waals surface area contributed by atoms with Crippen molar-refractivity contribution in [1.82, 2.24) is 19.8 Å². The van der Waals surface area contributed by atoms with Gasteiger partial charge >= 0.3 is 6.01 Å². The standard InChI is InChI=1S/C32H40ClFN6O2.2C2H6/c1-21-16-26(38(3)18-21)20-42-32-36-29-17-23(8-10-24-6-4-5-7-28(24)33)9-11-27(29)30(37-32)39-14-15-40(31(41)22(2)34)25(19-39)12-13-35;2*1-2/h4-7,21,23,25-26H,2,8-12,14-20H2,1,3H3;2*1-2H3/t21-,23?,25?,26?;;/m1../s1. The molecule has 1 aliphatic carbocycles. The van der Waals surface area contributed by atoms with Crippen LogP contribution in [-0.2, 0) is 24.1 Å². The number of carbonyl (C=O) groups excluding carboxylic acids is 1. The zero-order chi connectivity index (χ0) is 33.8. The number of amides is 1. The first-order valence-electron chi connectivity index (χ1n) is 17.0. The predicted molar refractivity (Wildman–Crippen MR) is 184 cm³/mol. The number of carbonyl (C=O) groups is 1. The fraction of sp³-hybridized carbons (Fsp3) is 0.611. The normalized spacial score (nSPS) is 22.4. The first-order chi connectivity index (χ1) is 22.2. The summed E-state index contributed by atoms with van der Waals surface area (Å²) in [5.41, 5.74) is 3.28. The zero-order valence-electron chi connectivity index (χ0n) is 28.6. The lowest BCUT2D eigenvalue weighted by molar-refractivity contribution is -0.131. The molecule has 0 spiro atoms. The van der Waals surface area contributed by atoms with Crippen molar-refractivity contribution >= 4 is 23.3 Å². The first-order valence-corrected chi connectivity index (χ1v) is 17.3. The Bertz CT molecular complexity index is 1350. The van der Waals surface area contributed by atoms with Crippen molar-refractivity contribution in [3.05, 3.63) is 58.5 Å². The van der Waals surface area contributed by atoms with Crippen molar-refractivity contribution in [2.45, 2.75) is 91.6 Å². The summed E-state index contributed by atoms with van der Waals surface area (Å²) in [6.07, 6.45) is 5.78. The quantitative estimate of drug-likeness (QED) is 0.268.